The van der Waals surface area contributed by atoms with Crippen molar-refractivity contribution in [3.05, 3.63) is 35.9 Å². The van der Waals surface area contributed by atoms with E-state index in [1.165, 1.54) is 0 Å². The smallest absolute Gasteiger partial charge is 0.244 e. The lowest BCUT2D eigenvalue weighted by molar-refractivity contribution is -0.126. The normalized spacial score (nSPS) is 17.2. The monoisotopic (exact) mass is 412 g/mol. The summed E-state index contributed by atoms with van der Waals surface area (Å²) in [6.45, 7) is 11.0. The van der Waals surface area contributed by atoms with Gasteiger partial charge in [0.25, 0.3) is 0 Å². The molecule has 1 saturated heterocycles. The Balaban J connectivity index is 0. The van der Waals surface area contributed by atoms with E-state index in [9.17, 15) is 4.79 Å². The second kappa shape index (κ2) is 12.7. The van der Waals surface area contributed by atoms with Gasteiger partial charge in [0.05, 0.1) is 0 Å². The zero-order valence-electron chi connectivity index (χ0n) is 14.9. The first-order valence-electron chi connectivity index (χ1n) is 8.11. The Hall–Kier alpha value is -0.560. The molecule has 0 aromatic heterocycles. The third-order valence-electron chi connectivity index (χ3n) is 4.47. The van der Waals surface area contributed by atoms with E-state index in [-0.39, 0.29) is 43.1 Å². The number of halogens is 3. The average Bonchev–Trinajstić information content (AvgIpc) is 2.56. The predicted octanol–water partition coefficient (Wildman–Crippen LogP) is 1.88. The number of nitrogens with one attached hydrogen (secondary N) is 1. The molecule has 2 rings (SSSR count). The molecule has 3 N–H and O–H groups in total. The van der Waals surface area contributed by atoms with Gasteiger partial charge in [0.1, 0.15) is 5.54 Å². The highest BCUT2D eigenvalue weighted by atomic mass is 35.5. The van der Waals surface area contributed by atoms with Gasteiger partial charge in [-0.1, -0.05) is 37.3 Å². The molecule has 25 heavy (non-hydrogen) atoms. The molecule has 0 aliphatic carbocycles. The molecule has 1 aliphatic rings. The molecule has 0 radical (unpaired) electrons. The van der Waals surface area contributed by atoms with Crippen molar-refractivity contribution in [1.29, 1.82) is 0 Å². The van der Waals surface area contributed by atoms with Crippen LogP contribution in [-0.4, -0.2) is 61.5 Å². The van der Waals surface area contributed by atoms with E-state index < -0.39 is 5.54 Å². The highest BCUT2D eigenvalue weighted by Crippen LogP contribution is 2.17. The Morgan fingerprint density at radius 1 is 1.08 bits per heavy atom. The Bertz CT molecular complexity index is 480. The number of hydrogen-bond acceptors (Lipinski definition) is 4. The molecule has 8 heteroatoms. The number of hydrogen-bond donors (Lipinski definition) is 2. The van der Waals surface area contributed by atoms with Gasteiger partial charge in [-0.15, -0.1) is 37.2 Å². The molecule has 0 saturated carbocycles. The van der Waals surface area contributed by atoms with Gasteiger partial charge in [-0.25, -0.2) is 0 Å². The topological polar surface area (TPSA) is 61.6 Å². The van der Waals surface area contributed by atoms with Gasteiger partial charge in [-0.05, 0) is 19.0 Å². The van der Waals surface area contributed by atoms with Crippen LogP contribution in [0.5, 0.6) is 0 Å². The van der Waals surface area contributed by atoms with E-state index in [0.717, 1.165) is 44.8 Å². The molecule has 1 amide bonds. The molecule has 1 aromatic carbocycles. The van der Waals surface area contributed by atoms with Crippen LogP contribution in [0.1, 0.15) is 19.4 Å². The van der Waals surface area contributed by atoms with Crippen LogP contribution in [0.4, 0.5) is 0 Å². The van der Waals surface area contributed by atoms with Crippen LogP contribution >= 0.6 is 37.2 Å². The summed E-state index contributed by atoms with van der Waals surface area (Å²) in [5.41, 5.74) is 6.06. The molecular weight excluding hydrogens is 383 g/mol. The first kappa shape index (κ1) is 26.7. The molecule has 0 bridgehead atoms. The SMILES string of the molecule is CCN1CCN(CCNC(=O)C(C)(N)c2ccccc2)CC1.Cl.Cl.Cl. The second-order valence-electron chi connectivity index (χ2n) is 6.10. The van der Waals surface area contributed by atoms with Gasteiger partial charge in [-0.3, -0.25) is 9.69 Å². The maximum Gasteiger partial charge on any atom is 0.244 e. The Morgan fingerprint density at radius 2 is 1.60 bits per heavy atom. The molecule has 1 aliphatic heterocycles. The van der Waals surface area contributed by atoms with Crippen LogP contribution in [0.15, 0.2) is 30.3 Å². The van der Waals surface area contributed by atoms with Gasteiger partial charge in [0.2, 0.25) is 5.91 Å². The Kier molecular flexibility index (Phi) is 13.6. The predicted molar refractivity (Wildman–Crippen MR) is 111 cm³/mol. The lowest BCUT2D eigenvalue weighted by Crippen LogP contribution is -2.52. The van der Waals surface area contributed by atoms with Crippen molar-refractivity contribution >= 4 is 43.1 Å². The summed E-state index contributed by atoms with van der Waals surface area (Å²) in [4.78, 5) is 17.2. The van der Waals surface area contributed by atoms with Crippen LogP contribution in [0, 0.1) is 0 Å². The maximum atomic E-state index is 12.3. The van der Waals surface area contributed by atoms with E-state index in [0.29, 0.717) is 6.54 Å². The molecule has 1 atom stereocenters. The molecule has 0 spiro atoms. The van der Waals surface area contributed by atoms with Gasteiger partial charge < -0.3 is 16.0 Å². The third-order valence-corrected chi connectivity index (χ3v) is 4.47. The first-order valence-corrected chi connectivity index (χ1v) is 8.11. The molecule has 146 valence electrons. The Morgan fingerprint density at radius 3 is 2.12 bits per heavy atom. The van der Waals surface area contributed by atoms with E-state index in [4.69, 9.17) is 5.73 Å². The number of amides is 1. The quantitative estimate of drug-likeness (QED) is 0.747. The van der Waals surface area contributed by atoms with Crippen LogP contribution in [-0.2, 0) is 10.3 Å². The van der Waals surface area contributed by atoms with Crippen LogP contribution in [0.2, 0.25) is 0 Å². The van der Waals surface area contributed by atoms with Crippen molar-refractivity contribution in [2.75, 3.05) is 45.8 Å². The fourth-order valence-electron chi connectivity index (χ4n) is 2.76. The maximum absolute atomic E-state index is 12.3. The fourth-order valence-corrected chi connectivity index (χ4v) is 2.76. The summed E-state index contributed by atoms with van der Waals surface area (Å²) in [6, 6.07) is 9.52. The molecule has 1 heterocycles. The summed E-state index contributed by atoms with van der Waals surface area (Å²) in [5, 5.41) is 2.97. The van der Waals surface area contributed by atoms with Crippen molar-refractivity contribution in [1.82, 2.24) is 15.1 Å². The fraction of sp³-hybridized carbons (Fsp3) is 0.588. The Labute approximate surface area is 169 Å². The number of nitrogens with zero attached hydrogens (tertiary/aromatic N) is 2. The number of nitrogens with two attached hydrogens (primary N) is 1. The lowest BCUT2D eigenvalue weighted by atomic mass is 9.92. The minimum atomic E-state index is -0.984. The van der Waals surface area contributed by atoms with Gasteiger partial charge in [-0.2, -0.15) is 0 Å². The summed E-state index contributed by atoms with van der Waals surface area (Å²) >= 11 is 0. The van der Waals surface area contributed by atoms with Crippen LogP contribution in [0.3, 0.4) is 0 Å². The van der Waals surface area contributed by atoms with E-state index in [1.807, 2.05) is 30.3 Å². The zero-order valence-corrected chi connectivity index (χ0v) is 17.4. The zero-order chi connectivity index (χ0) is 16.0. The van der Waals surface area contributed by atoms with Crippen molar-refractivity contribution in [2.24, 2.45) is 5.73 Å². The number of likely N-dealkylation sites (N-methyl/N-ethyl adjacent to an activating group) is 1. The third kappa shape index (κ3) is 7.69. The summed E-state index contributed by atoms with van der Waals surface area (Å²) < 4.78 is 0. The molecule has 1 unspecified atom stereocenters. The van der Waals surface area contributed by atoms with Gasteiger partial charge in [0.15, 0.2) is 0 Å². The minimum Gasteiger partial charge on any atom is -0.353 e. The molecule has 1 aromatic rings. The standard InChI is InChI=1S/C17H28N4O.3ClH/c1-3-20-11-13-21(14-12-20)10-9-19-16(22)17(2,18)15-7-5-4-6-8-15;;;/h4-8H,3,9-14,18H2,1-2H3,(H,19,22);3*1H. The van der Waals surface area contributed by atoms with Crippen LogP contribution < -0.4 is 11.1 Å². The number of piperazine rings is 1. The number of carbonyl (C=O) groups is 1. The summed E-state index contributed by atoms with van der Waals surface area (Å²) in [7, 11) is 0. The van der Waals surface area contributed by atoms with Crippen molar-refractivity contribution in [3.63, 3.8) is 0 Å². The highest BCUT2D eigenvalue weighted by Gasteiger charge is 2.30. The van der Waals surface area contributed by atoms with Gasteiger partial charge in [0, 0.05) is 39.3 Å². The van der Waals surface area contributed by atoms with Gasteiger partial charge >= 0.3 is 0 Å². The highest BCUT2D eigenvalue weighted by molar-refractivity contribution is 5.87. The molecular formula is C17H31Cl3N4O. The summed E-state index contributed by atoms with van der Waals surface area (Å²) in [6.07, 6.45) is 0. The minimum absolute atomic E-state index is 0. The van der Waals surface area contributed by atoms with E-state index in [2.05, 4.69) is 22.0 Å². The number of rotatable bonds is 6. The largest absolute Gasteiger partial charge is 0.353 e. The lowest BCUT2D eigenvalue weighted by Gasteiger charge is -2.34. The van der Waals surface area contributed by atoms with Crippen molar-refractivity contribution in [3.8, 4) is 0 Å². The molecule has 1 fully saturated rings. The summed E-state index contributed by atoms with van der Waals surface area (Å²) in [5.74, 6) is -0.120. The number of carbonyl (C=O) groups excluding carboxylic acids is 1. The van der Waals surface area contributed by atoms with E-state index in [1.54, 1.807) is 6.92 Å². The van der Waals surface area contributed by atoms with Crippen molar-refractivity contribution < 1.29 is 4.79 Å². The molecule has 5 nitrogen and oxygen atoms in total. The van der Waals surface area contributed by atoms with E-state index >= 15 is 0 Å². The first-order chi connectivity index (χ1) is 10.5. The second-order valence-corrected chi connectivity index (χ2v) is 6.10. The van der Waals surface area contributed by atoms with Crippen LogP contribution in [0.25, 0.3) is 0 Å². The average molecular weight is 414 g/mol. The number of benzene rings is 1. The van der Waals surface area contributed by atoms with Crippen molar-refractivity contribution in [2.45, 2.75) is 19.4 Å².